The lowest BCUT2D eigenvalue weighted by molar-refractivity contribution is -0.140. The minimum atomic E-state index is -4.86. The number of rotatable bonds is 4. The average Bonchev–Trinajstić information content (AvgIpc) is 2.83. The second-order valence-electron chi connectivity index (χ2n) is 4.41. The summed E-state index contributed by atoms with van der Waals surface area (Å²) in [6.45, 7) is 1.64. The molecule has 0 aliphatic rings. The third-order valence-corrected chi connectivity index (χ3v) is 2.74. The van der Waals surface area contributed by atoms with Crippen LogP contribution in [0.2, 0.25) is 0 Å². The Balaban J connectivity index is 2.04. The quantitative estimate of drug-likeness (QED) is 0.880. The van der Waals surface area contributed by atoms with E-state index in [1.54, 1.807) is 6.92 Å². The molecule has 0 aliphatic heterocycles. The molecule has 0 saturated heterocycles. The lowest BCUT2D eigenvalue weighted by Crippen LogP contribution is -2.27. The highest BCUT2D eigenvalue weighted by Crippen LogP contribution is 2.32. The van der Waals surface area contributed by atoms with Gasteiger partial charge in [0.1, 0.15) is 5.82 Å². The van der Waals surface area contributed by atoms with Gasteiger partial charge in [-0.25, -0.2) is 4.39 Å². The molecular weight excluding hydrogens is 306 g/mol. The lowest BCUT2D eigenvalue weighted by atomic mass is 10.1. The van der Waals surface area contributed by atoms with Gasteiger partial charge in [-0.1, -0.05) is 11.2 Å². The van der Waals surface area contributed by atoms with Crippen LogP contribution in [0.3, 0.4) is 0 Å². The van der Waals surface area contributed by atoms with Crippen LogP contribution in [0.15, 0.2) is 22.7 Å². The second-order valence-corrected chi connectivity index (χ2v) is 4.41. The molecule has 22 heavy (non-hydrogen) atoms. The van der Waals surface area contributed by atoms with Gasteiger partial charge in [0.15, 0.2) is 5.82 Å². The third kappa shape index (κ3) is 3.60. The molecule has 2 rings (SSSR count). The van der Waals surface area contributed by atoms with Gasteiger partial charge in [0.25, 0.3) is 5.91 Å². The van der Waals surface area contributed by atoms with Crippen LogP contribution in [-0.4, -0.2) is 22.6 Å². The van der Waals surface area contributed by atoms with E-state index in [1.165, 1.54) is 0 Å². The fraction of sp³-hybridized carbons (Fsp3) is 0.308. The molecule has 5 nitrogen and oxygen atoms in total. The molecule has 1 aromatic heterocycles. The van der Waals surface area contributed by atoms with Crippen LogP contribution in [-0.2, 0) is 12.6 Å². The SMILES string of the molecule is Cc1noc(CCNC(=O)c2cccc(C(F)(F)F)c2F)n1. The molecule has 1 heterocycles. The van der Waals surface area contributed by atoms with Gasteiger partial charge in [-0.05, 0) is 19.1 Å². The van der Waals surface area contributed by atoms with Gasteiger partial charge in [-0.15, -0.1) is 0 Å². The van der Waals surface area contributed by atoms with E-state index < -0.39 is 29.0 Å². The van der Waals surface area contributed by atoms with Crippen molar-refractivity contribution >= 4 is 5.91 Å². The number of halogens is 4. The van der Waals surface area contributed by atoms with Gasteiger partial charge >= 0.3 is 6.18 Å². The van der Waals surface area contributed by atoms with Crippen molar-refractivity contribution in [2.45, 2.75) is 19.5 Å². The molecule has 0 saturated carbocycles. The number of benzene rings is 1. The summed E-state index contributed by atoms with van der Waals surface area (Å²) in [4.78, 5) is 15.6. The maximum Gasteiger partial charge on any atom is 0.419 e. The van der Waals surface area contributed by atoms with Crippen LogP contribution in [0.25, 0.3) is 0 Å². The molecule has 2 aromatic rings. The lowest BCUT2D eigenvalue weighted by Gasteiger charge is -2.11. The highest BCUT2D eigenvalue weighted by molar-refractivity contribution is 5.94. The molecule has 0 atom stereocenters. The summed E-state index contributed by atoms with van der Waals surface area (Å²) in [6, 6.07) is 2.53. The number of amides is 1. The van der Waals surface area contributed by atoms with Crippen LogP contribution in [0.1, 0.15) is 27.6 Å². The Morgan fingerprint density at radius 1 is 1.36 bits per heavy atom. The van der Waals surface area contributed by atoms with Crippen LogP contribution >= 0.6 is 0 Å². The summed E-state index contributed by atoms with van der Waals surface area (Å²) in [6.07, 6.45) is -4.67. The van der Waals surface area contributed by atoms with Gasteiger partial charge in [-0.2, -0.15) is 18.2 Å². The van der Waals surface area contributed by atoms with Crippen molar-refractivity contribution in [1.29, 1.82) is 0 Å². The van der Waals surface area contributed by atoms with Crippen molar-refractivity contribution in [3.8, 4) is 0 Å². The minimum absolute atomic E-state index is 0.0240. The Morgan fingerprint density at radius 3 is 2.68 bits per heavy atom. The van der Waals surface area contributed by atoms with E-state index in [0.29, 0.717) is 11.9 Å². The van der Waals surface area contributed by atoms with Crippen molar-refractivity contribution in [3.05, 3.63) is 46.9 Å². The standard InChI is InChI=1S/C13H11F4N3O2/c1-7-19-10(22-20-7)5-6-18-12(21)8-3-2-4-9(11(8)14)13(15,16)17/h2-4H,5-6H2,1H3,(H,18,21). The first kappa shape index (κ1) is 15.9. The topological polar surface area (TPSA) is 68.0 Å². The van der Waals surface area contributed by atoms with Crippen LogP contribution < -0.4 is 5.32 Å². The number of carbonyl (C=O) groups is 1. The van der Waals surface area contributed by atoms with Crippen LogP contribution in [0, 0.1) is 12.7 Å². The molecule has 0 unspecified atom stereocenters. The molecule has 9 heteroatoms. The smallest absolute Gasteiger partial charge is 0.351 e. The molecule has 118 valence electrons. The van der Waals surface area contributed by atoms with E-state index in [4.69, 9.17) is 4.52 Å². The normalized spacial score (nSPS) is 11.5. The number of hydrogen-bond acceptors (Lipinski definition) is 4. The Bertz CT molecular complexity index is 682. The van der Waals surface area contributed by atoms with E-state index in [2.05, 4.69) is 15.5 Å². The van der Waals surface area contributed by atoms with Crippen molar-refractivity contribution in [3.63, 3.8) is 0 Å². The number of alkyl halides is 3. The Hall–Kier alpha value is -2.45. The number of hydrogen-bond donors (Lipinski definition) is 1. The molecule has 0 spiro atoms. The predicted molar refractivity (Wildman–Crippen MR) is 66.5 cm³/mol. The fourth-order valence-electron chi connectivity index (χ4n) is 1.75. The van der Waals surface area contributed by atoms with E-state index in [0.717, 1.165) is 12.1 Å². The van der Waals surface area contributed by atoms with Crippen LogP contribution in [0.4, 0.5) is 17.6 Å². The Kier molecular flexibility index (Phi) is 4.43. The highest BCUT2D eigenvalue weighted by Gasteiger charge is 2.35. The number of nitrogens with one attached hydrogen (secondary N) is 1. The van der Waals surface area contributed by atoms with Crippen molar-refractivity contribution in [1.82, 2.24) is 15.5 Å². The zero-order chi connectivity index (χ0) is 16.3. The first-order chi connectivity index (χ1) is 10.3. The van der Waals surface area contributed by atoms with E-state index in [-0.39, 0.29) is 18.9 Å². The third-order valence-electron chi connectivity index (χ3n) is 2.74. The van der Waals surface area contributed by atoms with E-state index in [9.17, 15) is 22.4 Å². The zero-order valence-electron chi connectivity index (χ0n) is 11.4. The van der Waals surface area contributed by atoms with Gasteiger partial charge in [0.2, 0.25) is 5.89 Å². The van der Waals surface area contributed by atoms with Crippen LogP contribution in [0.5, 0.6) is 0 Å². The van der Waals surface area contributed by atoms with E-state index >= 15 is 0 Å². The first-order valence-electron chi connectivity index (χ1n) is 6.22. The largest absolute Gasteiger partial charge is 0.419 e. The predicted octanol–water partition coefficient (Wildman–Crippen LogP) is 2.51. The molecule has 1 amide bonds. The fourth-order valence-corrected chi connectivity index (χ4v) is 1.75. The number of aromatic nitrogens is 2. The summed E-state index contributed by atoms with van der Waals surface area (Å²) in [5, 5.41) is 5.84. The number of carbonyl (C=O) groups excluding carboxylic acids is 1. The maximum absolute atomic E-state index is 13.8. The van der Waals surface area contributed by atoms with E-state index in [1.807, 2.05) is 0 Å². The van der Waals surface area contributed by atoms with Crippen molar-refractivity contribution in [2.75, 3.05) is 6.54 Å². The molecule has 1 aromatic carbocycles. The molecule has 0 bridgehead atoms. The summed E-state index contributed by atoms with van der Waals surface area (Å²) in [5.74, 6) is -1.85. The minimum Gasteiger partial charge on any atom is -0.351 e. The average molecular weight is 317 g/mol. The maximum atomic E-state index is 13.8. The highest BCUT2D eigenvalue weighted by atomic mass is 19.4. The molecular formula is C13H11F4N3O2. The second kappa shape index (κ2) is 6.12. The zero-order valence-corrected chi connectivity index (χ0v) is 11.4. The first-order valence-corrected chi connectivity index (χ1v) is 6.22. The molecule has 0 fully saturated rings. The summed E-state index contributed by atoms with van der Waals surface area (Å²) < 4.78 is 56.3. The number of nitrogens with zero attached hydrogens (tertiary/aromatic N) is 2. The van der Waals surface area contributed by atoms with Gasteiger partial charge in [0, 0.05) is 13.0 Å². The van der Waals surface area contributed by atoms with Gasteiger partial charge < -0.3 is 9.84 Å². The monoisotopic (exact) mass is 317 g/mol. The van der Waals surface area contributed by atoms with Gasteiger partial charge in [-0.3, -0.25) is 4.79 Å². The van der Waals surface area contributed by atoms with Gasteiger partial charge in [0.05, 0.1) is 11.1 Å². The summed E-state index contributed by atoms with van der Waals surface area (Å²) in [7, 11) is 0. The number of aryl methyl sites for hydroxylation is 1. The summed E-state index contributed by atoms with van der Waals surface area (Å²) >= 11 is 0. The molecule has 1 N–H and O–H groups in total. The summed E-state index contributed by atoms with van der Waals surface area (Å²) in [5.41, 5.74) is -2.15. The van der Waals surface area contributed by atoms with Crippen molar-refractivity contribution in [2.24, 2.45) is 0 Å². The molecule has 0 radical (unpaired) electrons. The Morgan fingerprint density at radius 2 is 2.09 bits per heavy atom. The Labute approximate surface area is 122 Å². The van der Waals surface area contributed by atoms with Crippen molar-refractivity contribution < 1.29 is 26.9 Å². The molecule has 0 aliphatic carbocycles.